The van der Waals surface area contributed by atoms with Gasteiger partial charge in [0.2, 0.25) is 0 Å². The standard InChI is InChI=1S/C5H8FNO/c6-4-1-2-7-3-5(4)8/h4,7H,1-3H2. The lowest BCUT2D eigenvalue weighted by Crippen LogP contribution is -2.37. The summed E-state index contributed by atoms with van der Waals surface area (Å²) < 4.78 is 12.2. The molecule has 1 aliphatic rings. The molecule has 0 aromatic heterocycles. The Balaban J connectivity index is 2.39. The van der Waals surface area contributed by atoms with Gasteiger partial charge in [-0.05, 0) is 13.0 Å². The number of piperidine rings is 1. The van der Waals surface area contributed by atoms with E-state index in [2.05, 4.69) is 5.32 Å². The van der Waals surface area contributed by atoms with E-state index < -0.39 is 6.17 Å². The second-order valence-corrected chi connectivity index (χ2v) is 1.90. The summed E-state index contributed by atoms with van der Waals surface area (Å²) in [6.07, 6.45) is -0.852. The van der Waals surface area contributed by atoms with Crippen LogP contribution in [0.5, 0.6) is 0 Å². The molecule has 1 saturated heterocycles. The number of hydrogen-bond donors (Lipinski definition) is 1. The number of Topliss-reactive ketones (excluding diaryl/α,β-unsaturated/α-hetero) is 1. The maximum absolute atomic E-state index is 12.2. The predicted octanol–water partition coefficient (Wildman–Crippen LogP) is -0.113. The van der Waals surface area contributed by atoms with E-state index in [1.807, 2.05) is 0 Å². The molecule has 0 aliphatic carbocycles. The van der Waals surface area contributed by atoms with Gasteiger partial charge in [0.15, 0.2) is 12.0 Å². The predicted molar refractivity (Wildman–Crippen MR) is 27.4 cm³/mol. The maximum Gasteiger partial charge on any atom is 0.180 e. The number of nitrogens with one attached hydrogen (secondary N) is 1. The van der Waals surface area contributed by atoms with Gasteiger partial charge in [-0.15, -0.1) is 0 Å². The Labute approximate surface area is 47.1 Å². The molecule has 3 heteroatoms. The number of carbonyl (C=O) groups excluding carboxylic acids is 1. The average Bonchev–Trinajstić information content (AvgIpc) is 1.77. The van der Waals surface area contributed by atoms with Gasteiger partial charge in [0.1, 0.15) is 0 Å². The van der Waals surface area contributed by atoms with Crippen molar-refractivity contribution < 1.29 is 9.18 Å². The van der Waals surface area contributed by atoms with E-state index in [1.165, 1.54) is 0 Å². The van der Waals surface area contributed by atoms with E-state index in [4.69, 9.17) is 0 Å². The highest BCUT2D eigenvalue weighted by Gasteiger charge is 2.19. The molecule has 0 aromatic rings. The number of carbonyl (C=O) groups is 1. The second-order valence-electron chi connectivity index (χ2n) is 1.90. The van der Waals surface area contributed by atoms with Crippen molar-refractivity contribution in [3.05, 3.63) is 0 Å². The van der Waals surface area contributed by atoms with Crippen LogP contribution in [0.1, 0.15) is 6.42 Å². The Bertz CT molecular complexity index is 105. The molecule has 1 rings (SSSR count). The van der Waals surface area contributed by atoms with Crippen molar-refractivity contribution in [3.63, 3.8) is 0 Å². The molecule has 1 atom stereocenters. The summed E-state index contributed by atoms with van der Waals surface area (Å²) in [7, 11) is 0. The average molecular weight is 117 g/mol. The molecule has 0 saturated carbocycles. The molecule has 2 nitrogen and oxygen atoms in total. The largest absolute Gasteiger partial charge is 0.310 e. The molecule has 1 N–H and O–H groups in total. The minimum Gasteiger partial charge on any atom is -0.310 e. The van der Waals surface area contributed by atoms with Crippen LogP contribution in [-0.2, 0) is 4.79 Å². The Hall–Kier alpha value is -0.440. The van der Waals surface area contributed by atoms with Crippen molar-refractivity contribution >= 4 is 5.78 Å². The Kier molecular flexibility index (Phi) is 1.58. The first-order valence-corrected chi connectivity index (χ1v) is 2.68. The molecule has 0 bridgehead atoms. The van der Waals surface area contributed by atoms with Crippen LogP contribution in [0.4, 0.5) is 4.39 Å². The lowest BCUT2D eigenvalue weighted by Gasteiger charge is -2.13. The van der Waals surface area contributed by atoms with Crippen molar-refractivity contribution in [1.82, 2.24) is 5.32 Å². The van der Waals surface area contributed by atoms with Gasteiger partial charge in [-0.25, -0.2) is 4.39 Å². The fraction of sp³-hybridized carbons (Fsp3) is 0.800. The summed E-state index contributed by atoms with van der Waals surface area (Å²) in [6.45, 7) is 0.841. The zero-order valence-electron chi connectivity index (χ0n) is 4.48. The van der Waals surface area contributed by atoms with Crippen molar-refractivity contribution in [2.75, 3.05) is 13.1 Å². The smallest absolute Gasteiger partial charge is 0.180 e. The van der Waals surface area contributed by atoms with E-state index >= 15 is 0 Å². The molecule has 0 amide bonds. The van der Waals surface area contributed by atoms with E-state index in [0.717, 1.165) is 0 Å². The van der Waals surface area contributed by atoms with Crippen LogP contribution < -0.4 is 5.32 Å². The lowest BCUT2D eigenvalue weighted by atomic mass is 10.1. The van der Waals surface area contributed by atoms with Crippen LogP contribution in [0, 0.1) is 0 Å². The number of rotatable bonds is 0. The third kappa shape index (κ3) is 1.04. The van der Waals surface area contributed by atoms with E-state index in [1.54, 1.807) is 0 Å². The fourth-order valence-corrected chi connectivity index (χ4v) is 0.712. The Morgan fingerprint density at radius 3 is 2.88 bits per heavy atom. The normalized spacial score (nSPS) is 30.6. The summed E-state index contributed by atoms with van der Waals surface area (Å²) >= 11 is 0. The van der Waals surface area contributed by atoms with Crippen LogP contribution in [0.3, 0.4) is 0 Å². The van der Waals surface area contributed by atoms with Crippen molar-refractivity contribution in [1.29, 1.82) is 0 Å². The molecule has 0 aromatic carbocycles. The van der Waals surface area contributed by atoms with Crippen molar-refractivity contribution in [2.24, 2.45) is 0 Å². The fourth-order valence-electron chi connectivity index (χ4n) is 0.712. The van der Waals surface area contributed by atoms with Gasteiger partial charge in [-0.1, -0.05) is 0 Å². The Morgan fingerprint density at radius 1 is 1.75 bits per heavy atom. The van der Waals surface area contributed by atoms with Crippen LogP contribution in [-0.4, -0.2) is 25.0 Å². The molecule has 1 aliphatic heterocycles. The molecule has 0 radical (unpaired) electrons. The molecule has 1 unspecified atom stereocenters. The number of ketones is 1. The molecule has 1 heterocycles. The summed E-state index contributed by atoms with van der Waals surface area (Å²) in [6, 6.07) is 0. The number of hydrogen-bond acceptors (Lipinski definition) is 2. The van der Waals surface area contributed by atoms with Crippen LogP contribution in [0.2, 0.25) is 0 Å². The quantitative estimate of drug-likeness (QED) is 0.479. The topological polar surface area (TPSA) is 29.1 Å². The molecular formula is C5H8FNO. The summed E-state index contributed by atoms with van der Waals surface area (Å²) in [4.78, 5) is 10.4. The zero-order valence-corrected chi connectivity index (χ0v) is 4.48. The monoisotopic (exact) mass is 117 g/mol. The third-order valence-corrected chi connectivity index (χ3v) is 1.22. The maximum atomic E-state index is 12.2. The zero-order chi connectivity index (χ0) is 5.98. The van der Waals surface area contributed by atoms with Gasteiger partial charge < -0.3 is 5.32 Å². The van der Waals surface area contributed by atoms with Gasteiger partial charge in [0.05, 0.1) is 6.54 Å². The minimum atomic E-state index is -1.20. The molecule has 1 fully saturated rings. The molecule has 0 spiro atoms. The molecule has 46 valence electrons. The van der Waals surface area contributed by atoms with Crippen LogP contribution >= 0.6 is 0 Å². The summed E-state index contributed by atoms with van der Waals surface area (Å²) in [5.74, 6) is -0.309. The first-order chi connectivity index (χ1) is 3.80. The van der Waals surface area contributed by atoms with Gasteiger partial charge in [0.25, 0.3) is 0 Å². The van der Waals surface area contributed by atoms with Gasteiger partial charge >= 0.3 is 0 Å². The summed E-state index contributed by atoms with van der Waals surface area (Å²) in [5.41, 5.74) is 0. The first-order valence-electron chi connectivity index (χ1n) is 2.68. The first kappa shape index (κ1) is 5.69. The molecule has 8 heavy (non-hydrogen) atoms. The molecular weight excluding hydrogens is 109 g/mol. The second kappa shape index (κ2) is 2.22. The van der Waals surface area contributed by atoms with Gasteiger partial charge in [-0.3, -0.25) is 4.79 Å². The third-order valence-electron chi connectivity index (χ3n) is 1.22. The number of halogens is 1. The summed E-state index contributed by atoms with van der Waals surface area (Å²) in [5, 5.41) is 2.78. The van der Waals surface area contributed by atoms with Crippen molar-refractivity contribution in [3.8, 4) is 0 Å². The van der Waals surface area contributed by atoms with Crippen molar-refractivity contribution in [2.45, 2.75) is 12.6 Å². The highest BCUT2D eigenvalue weighted by atomic mass is 19.1. The van der Waals surface area contributed by atoms with Crippen LogP contribution in [0.15, 0.2) is 0 Å². The highest BCUT2D eigenvalue weighted by molar-refractivity contribution is 5.85. The highest BCUT2D eigenvalue weighted by Crippen LogP contribution is 2.01. The SMILES string of the molecule is O=C1CNCCC1F. The van der Waals surface area contributed by atoms with Gasteiger partial charge in [-0.2, -0.15) is 0 Å². The van der Waals surface area contributed by atoms with Crippen LogP contribution in [0.25, 0.3) is 0 Å². The van der Waals surface area contributed by atoms with Gasteiger partial charge in [0, 0.05) is 0 Å². The van der Waals surface area contributed by atoms with E-state index in [0.29, 0.717) is 13.0 Å². The minimum absolute atomic E-state index is 0.209. The van der Waals surface area contributed by atoms with E-state index in [9.17, 15) is 9.18 Å². The Morgan fingerprint density at radius 2 is 2.50 bits per heavy atom. The van der Waals surface area contributed by atoms with E-state index in [-0.39, 0.29) is 12.3 Å². The lowest BCUT2D eigenvalue weighted by molar-refractivity contribution is -0.124. The number of alkyl halides is 1.